The van der Waals surface area contributed by atoms with Gasteiger partial charge in [0, 0.05) is 24.7 Å². The fraction of sp³-hybridized carbons (Fsp3) is 0.462. The number of benzene rings is 1. The summed E-state index contributed by atoms with van der Waals surface area (Å²) in [6.07, 6.45) is 3.14. The minimum atomic E-state index is -0.0753. The number of hydrogen-bond acceptors (Lipinski definition) is 3. The fourth-order valence-corrected chi connectivity index (χ4v) is 2.60. The van der Waals surface area contributed by atoms with Gasteiger partial charge in [-0.1, -0.05) is 18.2 Å². The number of para-hydroxylation sites is 1. The number of Topliss-reactive ketones (excluding diaryl/α,β-unsaturated/α-hetero) is 1. The highest BCUT2D eigenvalue weighted by atomic mass is 16.1. The Morgan fingerprint density at radius 3 is 2.69 bits per heavy atom. The van der Waals surface area contributed by atoms with E-state index in [4.69, 9.17) is 5.73 Å². The first kappa shape index (κ1) is 9.85. The van der Waals surface area contributed by atoms with E-state index in [9.17, 15) is 4.79 Å². The van der Waals surface area contributed by atoms with E-state index < -0.39 is 0 Å². The number of anilines is 1. The molecule has 2 fully saturated rings. The Labute approximate surface area is 95.2 Å². The number of nitrogens with zero attached hydrogens (tertiary/aromatic N) is 1. The first-order valence-electron chi connectivity index (χ1n) is 5.90. The monoisotopic (exact) mass is 216 g/mol. The third-order valence-electron chi connectivity index (χ3n) is 3.56. The zero-order valence-electron chi connectivity index (χ0n) is 9.23. The number of rotatable bonds is 2. The summed E-state index contributed by atoms with van der Waals surface area (Å²) < 4.78 is 0. The highest BCUT2D eigenvalue weighted by molar-refractivity contribution is 5.89. The predicted octanol–water partition coefficient (Wildman–Crippen LogP) is 1.75. The first-order chi connectivity index (χ1) is 7.77. The summed E-state index contributed by atoms with van der Waals surface area (Å²) in [4.78, 5) is 14.3. The molecule has 3 rings (SSSR count). The Morgan fingerprint density at radius 1 is 1.25 bits per heavy atom. The zero-order valence-corrected chi connectivity index (χ0v) is 9.23. The lowest BCUT2D eigenvalue weighted by molar-refractivity contribution is -0.120. The van der Waals surface area contributed by atoms with Gasteiger partial charge in [0.25, 0.3) is 0 Å². The number of hydrogen-bond donors (Lipinski definition) is 1. The summed E-state index contributed by atoms with van der Waals surface area (Å²) in [5.41, 5.74) is 7.71. The van der Waals surface area contributed by atoms with Crippen molar-refractivity contribution in [2.75, 3.05) is 12.3 Å². The molecule has 3 nitrogen and oxygen atoms in total. The molecule has 0 spiro atoms. The van der Waals surface area contributed by atoms with Crippen molar-refractivity contribution < 1.29 is 4.79 Å². The van der Waals surface area contributed by atoms with Gasteiger partial charge in [-0.25, -0.2) is 0 Å². The topological polar surface area (TPSA) is 46.3 Å². The normalized spacial score (nSPS) is 26.2. The quantitative estimate of drug-likeness (QED) is 0.766. The minimum Gasteiger partial charge on any atom is -0.398 e. The second-order valence-corrected chi connectivity index (χ2v) is 4.72. The van der Waals surface area contributed by atoms with Crippen LogP contribution in [0.1, 0.15) is 30.9 Å². The Hall–Kier alpha value is -1.35. The van der Waals surface area contributed by atoms with Gasteiger partial charge >= 0.3 is 0 Å². The Morgan fingerprint density at radius 2 is 2.00 bits per heavy atom. The molecule has 1 atom stereocenters. The third kappa shape index (κ3) is 1.52. The summed E-state index contributed by atoms with van der Waals surface area (Å²) >= 11 is 0. The van der Waals surface area contributed by atoms with Crippen molar-refractivity contribution >= 4 is 11.5 Å². The van der Waals surface area contributed by atoms with E-state index in [-0.39, 0.29) is 6.04 Å². The summed E-state index contributed by atoms with van der Waals surface area (Å²) in [5.74, 6) is 0.324. The van der Waals surface area contributed by atoms with Crippen LogP contribution < -0.4 is 5.73 Å². The van der Waals surface area contributed by atoms with Gasteiger partial charge in [0.1, 0.15) is 0 Å². The SMILES string of the molecule is Nc1ccccc1C1C(=O)CCN1C1CC1. The van der Waals surface area contributed by atoms with Gasteiger partial charge in [-0.05, 0) is 24.5 Å². The molecule has 1 aromatic carbocycles. The molecule has 1 aliphatic carbocycles. The molecule has 0 amide bonds. The van der Waals surface area contributed by atoms with Crippen LogP contribution in [0.5, 0.6) is 0 Å². The molecule has 2 N–H and O–H groups in total. The van der Waals surface area contributed by atoms with Gasteiger partial charge in [-0.15, -0.1) is 0 Å². The Bertz CT molecular complexity index is 426. The molecule has 84 valence electrons. The third-order valence-corrected chi connectivity index (χ3v) is 3.56. The second-order valence-electron chi connectivity index (χ2n) is 4.72. The van der Waals surface area contributed by atoms with Gasteiger partial charge in [-0.2, -0.15) is 0 Å². The number of likely N-dealkylation sites (tertiary alicyclic amines) is 1. The van der Waals surface area contributed by atoms with Crippen molar-refractivity contribution in [1.82, 2.24) is 4.90 Å². The zero-order chi connectivity index (χ0) is 11.1. The summed E-state index contributed by atoms with van der Waals surface area (Å²) in [5, 5.41) is 0. The van der Waals surface area contributed by atoms with Gasteiger partial charge in [0.15, 0.2) is 5.78 Å². The average Bonchev–Trinajstić information content (AvgIpc) is 3.04. The molecule has 16 heavy (non-hydrogen) atoms. The van der Waals surface area contributed by atoms with E-state index in [0.29, 0.717) is 18.2 Å². The van der Waals surface area contributed by atoms with Crippen LogP contribution in [0, 0.1) is 0 Å². The van der Waals surface area contributed by atoms with Crippen molar-refractivity contribution in [3.8, 4) is 0 Å². The van der Waals surface area contributed by atoms with Gasteiger partial charge in [-0.3, -0.25) is 9.69 Å². The number of carbonyl (C=O) groups excluding carboxylic acids is 1. The van der Waals surface area contributed by atoms with Crippen molar-refractivity contribution in [1.29, 1.82) is 0 Å². The number of ketones is 1. The number of nitrogens with two attached hydrogens (primary N) is 1. The largest absolute Gasteiger partial charge is 0.398 e. The smallest absolute Gasteiger partial charge is 0.155 e. The number of carbonyl (C=O) groups is 1. The molecule has 1 aromatic rings. The van der Waals surface area contributed by atoms with E-state index in [2.05, 4.69) is 4.90 Å². The van der Waals surface area contributed by atoms with Gasteiger partial charge in [0.2, 0.25) is 0 Å². The number of nitrogen functional groups attached to an aromatic ring is 1. The summed E-state index contributed by atoms with van der Waals surface area (Å²) in [6, 6.07) is 8.29. The van der Waals surface area contributed by atoms with Gasteiger partial charge < -0.3 is 5.73 Å². The van der Waals surface area contributed by atoms with Crippen molar-refractivity contribution in [2.24, 2.45) is 0 Å². The van der Waals surface area contributed by atoms with Crippen LogP contribution in [0.25, 0.3) is 0 Å². The standard InChI is InChI=1S/C13H16N2O/c14-11-4-2-1-3-10(11)13-12(16)7-8-15(13)9-5-6-9/h1-4,9,13H,5-8,14H2. The van der Waals surface area contributed by atoms with Crippen LogP contribution in [-0.4, -0.2) is 23.3 Å². The van der Waals surface area contributed by atoms with Crippen molar-refractivity contribution in [3.05, 3.63) is 29.8 Å². The molecule has 1 heterocycles. The van der Waals surface area contributed by atoms with E-state index in [0.717, 1.165) is 17.8 Å². The maximum Gasteiger partial charge on any atom is 0.155 e. The first-order valence-corrected chi connectivity index (χ1v) is 5.90. The predicted molar refractivity (Wildman–Crippen MR) is 62.9 cm³/mol. The maximum absolute atomic E-state index is 12.0. The van der Waals surface area contributed by atoms with Crippen molar-refractivity contribution in [3.63, 3.8) is 0 Å². The maximum atomic E-state index is 12.0. The molecular formula is C13H16N2O. The summed E-state index contributed by atoms with van der Waals surface area (Å²) in [7, 11) is 0. The summed E-state index contributed by atoms with van der Waals surface area (Å²) in [6.45, 7) is 0.905. The Kier molecular flexibility index (Phi) is 2.21. The van der Waals surface area contributed by atoms with Crippen molar-refractivity contribution in [2.45, 2.75) is 31.3 Å². The second kappa shape index (κ2) is 3.59. The van der Waals surface area contributed by atoms with E-state index in [1.165, 1.54) is 12.8 Å². The van der Waals surface area contributed by atoms with Crippen LogP contribution in [0.15, 0.2) is 24.3 Å². The van der Waals surface area contributed by atoms with E-state index in [1.54, 1.807) is 0 Å². The fourth-order valence-electron chi connectivity index (χ4n) is 2.60. The molecule has 1 saturated carbocycles. The molecule has 0 radical (unpaired) electrons. The highest BCUT2D eigenvalue weighted by Crippen LogP contribution is 2.40. The molecule has 2 aliphatic rings. The average molecular weight is 216 g/mol. The highest BCUT2D eigenvalue weighted by Gasteiger charge is 2.42. The molecule has 1 aliphatic heterocycles. The molecule has 0 bridgehead atoms. The molecule has 3 heteroatoms. The lowest BCUT2D eigenvalue weighted by atomic mass is 10.0. The molecular weight excluding hydrogens is 200 g/mol. The molecule has 1 unspecified atom stereocenters. The van der Waals surface area contributed by atoms with Crippen LogP contribution in [0.4, 0.5) is 5.69 Å². The molecule has 1 saturated heterocycles. The Balaban J connectivity index is 1.97. The lowest BCUT2D eigenvalue weighted by Crippen LogP contribution is -2.28. The van der Waals surface area contributed by atoms with Crippen LogP contribution in [0.2, 0.25) is 0 Å². The lowest BCUT2D eigenvalue weighted by Gasteiger charge is -2.24. The minimum absolute atomic E-state index is 0.0753. The van der Waals surface area contributed by atoms with Crippen LogP contribution in [0.3, 0.4) is 0 Å². The van der Waals surface area contributed by atoms with E-state index >= 15 is 0 Å². The van der Waals surface area contributed by atoms with Crippen LogP contribution >= 0.6 is 0 Å². The van der Waals surface area contributed by atoms with E-state index in [1.807, 2.05) is 24.3 Å². The van der Waals surface area contributed by atoms with Crippen LogP contribution in [-0.2, 0) is 4.79 Å². The molecule has 0 aromatic heterocycles. The van der Waals surface area contributed by atoms with Gasteiger partial charge in [0.05, 0.1) is 6.04 Å².